The van der Waals surface area contributed by atoms with E-state index in [1.165, 1.54) is 6.42 Å². The number of nitrogens with one attached hydrogen (secondary N) is 2. The first-order chi connectivity index (χ1) is 19.4. The highest BCUT2D eigenvalue weighted by atomic mass is 16.6. The molecule has 4 rings (SSSR count). The van der Waals surface area contributed by atoms with Crippen LogP contribution in [-0.4, -0.2) is 46.5 Å². The molecule has 2 aromatic rings. The highest BCUT2D eigenvalue weighted by Gasteiger charge is 2.49. The molecular formula is C34H47N3O4. The minimum atomic E-state index is -0.894. The fraction of sp³-hybridized carbons (Fsp3) is 0.559. The zero-order valence-electron chi connectivity index (χ0n) is 25.5. The van der Waals surface area contributed by atoms with Crippen molar-refractivity contribution in [3.63, 3.8) is 0 Å². The fourth-order valence-electron chi connectivity index (χ4n) is 6.03. The van der Waals surface area contributed by atoms with Crippen LogP contribution >= 0.6 is 0 Å². The Hall–Kier alpha value is -3.35. The molecule has 3 amide bonds. The third-order valence-electron chi connectivity index (χ3n) is 8.24. The van der Waals surface area contributed by atoms with Crippen molar-refractivity contribution in [3.05, 3.63) is 70.8 Å². The van der Waals surface area contributed by atoms with Crippen LogP contribution in [-0.2, 0) is 20.7 Å². The van der Waals surface area contributed by atoms with E-state index in [0.29, 0.717) is 6.42 Å². The van der Waals surface area contributed by atoms with Gasteiger partial charge >= 0.3 is 6.09 Å². The van der Waals surface area contributed by atoms with Gasteiger partial charge in [0.2, 0.25) is 11.8 Å². The summed E-state index contributed by atoms with van der Waals surface area (Å²) >= 11 is 0. The van der Waals surface area contributed by atoms with Crippen molar-refractivity contribution in [2.45, 2.75) is 116 Å². The average molecular weight is 562 g/mol. The number of hydrogen-bond acceptors (Lipinski definition) is 4. The Morgan fingerprint density at radius 3 is 2.12 bits per heavy atom. The van der Waals surface area contributed by atoms with Gasteiger partial charge in [0.15, 0.2) is 0 Å². The van der Waals surface area contributed by atoms with E-state index in [1.54, 1.807) is 25.7 Å². The van der Waals surface area contributed by atoms with Gasteiger partial charge in [-0.25, -0.2) is 4.79 Å². The summed E-state index contributed by atoms with van der Waals surface area (Å²) in [6, 6.07) is 14.0. The van der Waals surface area contributed by atoms with Crippen LogP contribution in [0.25, 0.3) is 0 Å². The van der Waals surface area contributed by atoms with Crippen LogP contribution in [0.5, 0.6) is 0 Å². The number of benzene rings is 2. The van der Waals surface area contributed by atoms with E-state index >= 15 is 0 Å². The molecule has 41 heavy (non-hydrogen) atoms. The lowest BCUT2D eigenvalue weighted by atomic mass is 9.91. The molecule has 0 saturated heterocycles. The van der Waals surface area contributed by atoms with Crippen molar-refractivity contribution in [3.8, 4) is 0 Å². The van der Waals surface area contributed by atoms with E-state index in [0.717, 1.165) is 54.4 Å². The van der Waals surface area contributed by atoms with Crippen molar-refractivity contribution in [2.75, 3.05) is 0 Å². The second-order valence-electron chi connectivity index (χ2n) is 13.0. The molecule has 2 N–H and O–H groups in total. The van der Waals surface area contributed by atoms with Gasteiger partial charge in [0.25, 0.3) is 0 Å². The first-order valence-electron chi connectivity index (χ1n) is 15.2. The van der Waals surface area contributed by atoms with Crippen LogP contribution in [0.3, 0.4) is 0 Å². The van der Waals surface area contributed by atoms with Gasteiger partial charge in [-0.3, -0.25) is 9.59 Å². The summed E-state index contributed by atoms with van der Waals surface area (Å²) < 4.78 is 5.56. The molecule has 0 aliphatic heterocycles. The summed E-state index contributed by atoms with van der Waals surface area (Å²) in [5.74, 6) is -0.148. The number of rotatable bonds is 9. The minimum Gasteiger partial charge on any atom is -0.444 e. The predicted molar refractivity (Wildman–Crippen MR) is 161 cm³/mol. The van der Waals surface area contributed by atoms with Gasteiger partial charge in [-0.15, -0.1) is 0 Å². The van der Waals surface area contributed by atoms with Gasteiger partial charge in [0, 0.05) is 18.5 Å². The molecule has 4 unspecified atom stereocenters. The van der Waals surface area contributed by atoms with Gasteiger partial charge < -0.3 is 20.3 Å². The number of ether oxygens (including phenoxy) is 1. The molecule has 222 valence electrons. The Morgan fingerprint density at radius 1 is 0.951 bits per heavy atom. The van der Waals surface area contributed by atoms with Gasteiger partial charge in [-0.05, 0) is 82.1 Å². The van der Waals surface area contributed by atoms with Gasteiger partial charge in [0.1, 0.15) is 17.7 Å². The summed E-state index contributed by atoms with van der Waals surface area (Å²) in [5.41, 5.74) is 3.01. The maximum absolute atomic E-state index is 14.7. The Morgan fingerprint density at radius 2 is 1.56 bits per heavy atom. The summed E-state index contributed by atoms with van der Waals surface area (Å²) in [6.07, 6.45) is 5.75. The van der Waals surface area contributed by atoms with Gasteiger partial charge in [-0.1, -0.05) is 74.7 Å². The number of carbonyl (C=O) groups excluding carboxylic acids is 3. The summed E-state index contributed by atoms with van der Waals surface area (Å²) in [5, 5.41) is 6.19. The molecule has 7 heteroatoms. The summed E-state index contributed by atoms with van der Waals surface area (Å²) in [6.45, 7) is 11.5. The lowest BCUT2D eigenvalue weighted by Crippen LogP contribution is -2.55. The quantitative estimate of drug-likeness (QED) is 0.384. The highest BCUT2D eigenvalue weighted by Crippen LogP contribution is 2.42. The first-order valence-corrected chi connectivity index (χ1v) is 15.2. The van der Waals surface area contributed by atoms with Crippen molar-refractivity contribution in [1.29, 1.82) is 0 Å². The number of aryl methyl sites for hydroxylation is 2. The smallest absolute Gasteiger partial charge is 0.408 e. The van der Waals surface area contributed by atoms with E-state index in [1.807, 2.05) is 62.4 Å². The van der Waals surface area contributed by atoms with Gasteiger partial charge in [-0.2, -0.15) is 0 Å². The largest absolute Gasteiger partial charge is 0.444 e. The van der Waals surface area contributed by atoms with Crippen molar-refractivity contribution < 1.29 is 19.1 Å². The number of amides is 3. The number of alkyl carbamates (subject to hydrolysis) is 1. The SMILES string of the molecule is Cc1cccc(C)c1C(C(=O)NC1CCCCC1)N(C(=O)C(Cc1ccccc1)NC(=O)OC(C)(C)C)C1CC1C. The molecule has 2 fully saturated rings. The Kier molecular flexibility index (Phi) is 9.77. The third kappa shape index (κ3) is 8.11. The molecule has 2 aliphatic rings. The predicted octanol–water partition coefficient (Wildman–Crippen LogP) is 6.17. The second kappa shape index (κ2) is 13.1. The van der Waals surface area contributed by atoms with E-state index in [-0.39, 0.29) is 29.8 Å². The average Bonchev–Trinajstić information content (AvgIpc) is 3.63. The minimum absolute atomic E-state index is 0.0951. The Balaban J connectivity index is 1.74. The maximum Gasteiger partial charge on any atom is 0.408 e. The Labute approximate surface area is 245 Å². The third-order valence-corrected chi connectivity index (χ3v) is 8.24. The van der Waals surface area contributed by atoms with Crippen molar-refractivity contribution in [1.82, 2.24) is 15.5 Å². The molecule has 0 aromatic heterocycles. The fourth-order valence-corrected chi connectivity index (χ4v) is 6.03. The number of carbonyl (C=O) groups is 3. The van der Waals surface area contributed by atoms with Crippen LogP contribution in [0.2, 0.25) is 0 Å². The van der Waals surface area contributed by atoms with Crippen molar-refractivity contribution >= 4 is 17.9 Å². The monoisotopic (exact) mass is 561 g/mol. The molecule has 0 bridgehead atoms. The number of hydrogen-bond donors (Lipinski definition) is 2. The molecule has 7 nitrogen and oxygen atoms in total. The molecular weight excluding hydrogens is 514 g/mol. The molecule has 2 aromatic carbocycles. The lowest BCUT2D eigenvalue weighted by Gasteiger charge is -2.37. The maximum atomic E-state index is 14.7. The normalized spacial score (nSPS) is 20.4. The highest BCUT2D eigenvalue weighted by molar-refractivity contribution is 5.93. The molecule has 2 saturated carbocycles. The zero-order valence-corrected chi connectivity index (χ0v) is 25.5. The molecule has 0 heterocycles. The van der Waals surface area contributed by atoms with Crippen LogP contribution in [0.1, 0.15) is 94.5 Å². The van der Waals surface area contributed by atoms with E-state index in [4.69, 9.17) is 4.74 Å². The molecule has 0 spiro atoms. The molecule has 0 radical (unpaired) electrons. The second-order valence-corrected chi connectivity index (χ2v) is 13.0. The van der Waals surface area contributed by atoms with Crippen LogP contribution in [0, 0.1) is 19.8 Å². The van der Waals surface area contributed by atoms with E-state index < -0.39 is 23.8 Å². The van der Waals surface area contributed by atoms with Crippen LogP contribution < -0.4 is 10.6 Å². The lowest BCUT2D eigenvalue weighted by molar-refractivity contribution is -0.143. The Bertz CT molecular complexity index is 1200. The summed E-state index contributed by atoms with van der Waals surface area (Å²) in [4.78, 5) is 43.7. The van der Waals surface area contributed by atoms with Gasteiger partial charge in [0.05, 0.1) is 0 Å². The van der Waals surface area contributed by atoms with Crippen LogP contribution in [0.15, 0.2) is 48.5 Å². The van der Waals surface area contributed by atoms with E-state index in [2.05, 4.69) is 17.6 Å². The zero-order chi connectivity index (χ0) is 29.7. The topological polar surface area (TPSA) is 87.7 Å². The molecule has 4 atom stereocenters. The van der Waals surface area contributed by atoms with Crippen LogP contribution in [0.4, 0.5) is 4.79 Å². The van der Waals surface area contributed by atoms with E-state index in [9.17, 15) is 14.4 Å². The first kappa shape index (κ1) is 30.6. The van der Waals surface area contributed by atoms with Crippen molar-refractivity contribution in [2.24, 2.45) is 5.92 Å². The summed E-state index contributed by atoms with van der Waals surface area (Å²) in [7, 11) is 0. The number of nitrogens with zero attached hydrogens (tertiary/aromatic N) is 1. The standard InChI is InChI=1S/C34H47N3O4/c1-22-14-13-15-23(2)29(22)30(31(38)35-26-18-11-8-12-19-26)37(28-20-24(28)3)32(39)27(21-25-16-9-7-10-17-25)36-33(40)41-34(4,5)6/h7,9-10,13-17,24,26-28,30H,8,11-12,18-21H2,1-6H3,(H,35,38)(H,36,40). The molecule has 2 aliphatic carbocycles.